The third-order valence-corrected chi connectivity index (χ3v) is 1.71. The van der Waals surface area contributed by atoms with Gasteiger partial charge in [0.1, 0.15) is 0 Å². The maximum Gasteiger partial charge on any atom is 0.0320 e. The van der Waals surface area contributed by atoms with E-state index in [-0.39, 0.29) is 0 Å². The molecule has 1 nitrogen and oxygen atoms in total. The molecule has 53 valence electrons. The summed E-state index contributed by atoms with van der Waals surface area (Å²) >= 11 is 0. The molecule has 1 radical (unpaired) electrons. The third-order valence-electron chi connectivity index (χ3n) is 1.71. The third kappa shape index (κ3) is 1.05. The largest absolute Gasteiger partial charge is 0.399 e. The lowest BCUT2D eigenvalue weighted by Crippen LogP contribution is -1.82. The van der Waals surface area contributed by atoms with Crippen LogP contribution in [0.3, 0.4) is 0 Å². The van der Waals surface area contributed by atoms with Crippen LogP contribution in [0.15, 0.2) is 36.4 Å². The zero-order valence-corrected chi connectivity index (χ0v) is 6.04. The average molecular weight is 142 g/mol. The van der Waals surface area contributed by atoms with Gasteiger partial charge in [0.05, 0.1) is 0 Å². The molecule has 2 aromatic rings. The van der Waals surface area contributed by atoms with Crippen LogP contribution in [0.1, 0.15) is 0 Å². The van der Waals surface area contributed by atoms with E-state index in [1.54, 1.807) is 0 Å². The molecule has 0 aliphatic rings. The van der Waals surface area contributed by atoms with E-state index < -0.39 is 0 Å². The lowest BCUT2D eigenvalue weighted by atomic mass is 10.1. The Morgan fingerprint density at radius 3 is 2.91 bits per heavy atom. The van der Waals surface area contributed by atoms with Gasteiger partial charge in [-0.2, -0.15) is 0 Å². The number of anilines is 1. The number of rotatable bonds is 0. The Bertz CT molecular complexity index is 379. The highest BCUT2D eigenvalue weighted by molar-refractivity contribution is 5.84. The van der Waals surface area contributed by atoms with Gasteiger partial charge < -0.3 is 5.73 Å². The van der Waals surface area contributed by atoms with Gasteiger partial charge in [-0.25, -0.2) is 0 Å². The topological polar surface area (TPSA) is 26.0 Å². The SMILES string of the molecule is Nc1ccc2cc[c]cc2c1. The number of nitrogens with two attached hydrogens (primary N) is 1. The van der Waals surface area contributed by atoms with Crippen molar-refractivity contribution >= 4 is 16.5 Å². The van der Waals surface area contributed by atoms with Crippen LogP contribution in [0.2, 0.25) is 0 Å². The summed E-state index contributed by atoms with van der Waals surface area (Å²) in [5, 5.41) is 2.35. The van der Waals surface area contributed by atoms with Crippen molar-refractivity contribution in [1.82, 2.24) is 0 Å². The predicted octanol–water partition coefficient (Wildman–Crippen LogP) is 2.22. The molecule has 0 fully saturated rings. The number of fused-ring (bicyclic) bond motifs is 1. The normalized spacial score (nSPS) is 10.2. The molecule has 11 heavy (non-hydrogen) atoms. The second-order valence-corrected chi connectivity index (χ2v) is 2.53. The van der Waals surface area contributed by atoms with Gasteiger partial charge in [0.25, 0.3) is 0 Å². The molecule has 2 rings (SSSR count). The molecule has 0 unspecified atom stereocenters. The number of nitrogen functional groups attached to an aromatic ring is 1. The molecule has 0 saturated heterocycles. The van der Waals surface area contributed by atoms with Crippen molar-refractivity contribution in [3.05, 3.63) is 42.5 Å². The van der Waals surface area contributed by atoms with E-state index in [9.17, 15) is 0 Å². The fourth-order valence-electron chi connectivity index (χ4n) is 1.15. The Hall–Kier alpha value is -1.50. The standard InChI is InChI=1S/C10H8N/c11-10-6-5-8-3-1-2-4-9(8)7-10/h1,3-7H,11H2. The first-order valence-electron chi connectivity index (χ1n) is 3.51. The average Bonchev–Trinajstić information content (AvgIpc) is 2.04. The minimum atomic E-state index is 0.803. The molecule has 0 aliphatic heterocycles. The Morgan fingerprint density at radius 1 is 1.09 bits per heavy atom. The van der Waals surface area contributed by atoms with Crippen molar-refractivity contribution in [1.29, 1.82) is 0 Å². The smallest absolute Gasteiger partial charge is 0.0320 e. The van der Waals surface area contributed by atoms with E-state index in [2.05, 4.69) is 6.07 Å². The van der Waals surface area contributed by atoms with Gasteiger partial charge in [-0.3, -0.25) is 0 Å². The van der Waals surface area contributed by atoms with E-state index in [0.717, 1.165) is 11.1 Å². The molecule has 0 aliphatic carbocycles. The van der Waals surface area contributed by atoms with Gasteiger partial charge in [-0.05, 0) is 35.0 Å². The fourth-order valence-corrected chi connectivity index (χ4v) is 1.15. The molecular weight excluding hydrogens is 134 g/mol. The summed E-state index contributed by atoms with van der Waals surface area (Å²) in [7, 11) is 0. The minimum Gasteiger partial charge on any atom is -0.399 e. The fraction of sp³-hybridized carbons (Fsp3) is 0. The molecule has 0 heterocycles. The van der Waals surface area contributed by atoms with E-state index in [1.807, 2.05) is 36.4 Å². The summed E-state index contributed by atoms with van der Waals surface area (Å²) < 4.78 is 0. The molecule has 0 saturated carbocycles. The zero-order valence-electron chi connectivity index (χ0n) is 6.04. The van der Waals surface area contributed by atoms with Crippen LogP contribution < -0.4 is 5.73 Å². The Morgan fingerprint density at radius 2 is 2.00 bits per heavy atom. The van der Waals surface area contributed by atoms with Crippen molar-refractivity contribution in [3.8, 4) is 0 Å². The summed E-state index contributed by atoms with van der Waals surface area (Å²) in [6, 6.07) is 14.7. The van der Waals surface area contributed by atoms with Gasteiger partial charge >= 0.3 is 0 Å². The van der Waals surface area contributed by atoms with Crippen molar-refractivity contribution in [3.63, 3.8) is 0 Å². The quantitative estimate of drug-likeness (QED) is 0.561. The van der Waals surface area contributed by atoms with Crippen molar-refractivity contribution in [2.75, 3.05) is 5.73 Å². The molecular formula is C10H8N. The lowest BCUT2D eigenvalue weighted by Gasteiger charge is -1.96. The molecule has 2 aromatic carbocycles. The summed E-state index contributed by atoms with van der Waals surface area (Å²) in [6.45, 7) is 0. The lowest BCUT2D eigenvalue weighted by molar-refractivity contribution is 1.72. The molecule has 0 bridgehead atoms. The first-order valence-corrected chi connectivity index (χ1v) is 3.51. The van der Waals surface area contributed by atoms with Gasteiger partial charge in [-0.1, -0.05) is 18.2 Å². The van der Waals surface area contributed by atoms with E-state index in [0.29, 0.717) is 0 Å². The Labute approximate surface area is 65.5 Å². The second kappa shape index (κ2) is 2.27. The number of benzene rings is 2. The second-order valence-electron chi connectivity index (χ2n) is 2.53. The number of hydrogen-bond donors (Lipinski definition) is 1. The molecule has 0 atom stereocenters. The van der Waals surface area contributed by atoms with Gasteiger partial charge in [-0.15, -0.1) is 0 Å². The van der Waals surface area contributed by atoms with Gasteiger partial charge in [0.2, 0.25) is 0 Å². The minimum absolute atomic E-state index is 0.803. The highest BCUT2D eigenvalue weighted by Gasteiger charge is 1.90. The molecule has 2 N–H and O–H groups in total. The summed E-state index contributed by atoms with van der Waals surface area (Å²) in [5.41, 5.74) is 6.41. The first kappa shape index (κ1) is 6.23. The van der Waals surface area contributed by atoms with E-state index in [4.69, 9.17) is 5.73 Å². The molecule has 0 spiro atoms. The van der Waals surface area contributed by atoms with Crippen LogP contribution in [0, 0.1) is 6.07 Å². The van der Waals surface area contributed by atoms with Crippen LogP contribution in [0.4, 0.5) is 5.69 Å². The monoisotopic (exact) mass is 142 g/mol. The number of hydrogen-bond acceptors (Lipinski definition) is 1. The highest BCUT2D eigenvalue weighted by atomic mass is 14.5. The van der Waals surface area contributed by atoms with Crippen LogP contribution in [0.25, 0.3) is 10.8 Å². The van der Waals surface area contributed by atoms with Gasteiger partial charge in [0, 0.05) is 5.69 Å². The van der Waals surface area contributed by atoms with E-state index >= 15 is 0 Å². The van der Waals surface area contributed by atoms with Crippen molar-refractivity contribution < 1.29 is 0 Å². The van der Waals surface area contributed by atoms with Crippen molar-refractivity contribution in [2.45, 2.75) is 0 Å². The molecule has 1 heteroatoms. The van der Waals surface area contributed by atoms with Crippen LogP contribution in [-0.2, 0) is 0 Å². The maximum absolute atomic E-state index is 5.61. The summed E-state index contributed by atoms with van der Waals surface area (Å²) in [5.74, 6) is 0. The van der Waals surface area contributed by atoms with Crippen LogP contribution >= 0.6 is 0 Å². The van der Waals surface area contributed by atoms with Crippen LogP contribution in [-0.4, -0.2) is 0 Å². The predicted molar refractivity (Wildman–Crippen MR) is 47.2 cm³/mol. The first-order chi connectivity index (χ1) is 5.36. The Kier molecular flexibility index (Phi) is 1.29. The highest BCUT2D eigenvalue weighted by Crippen LogP contribution is 2.15. The van der Waals surface area contributed by atoms with Crippen molar-refractivity contribution in [2.24, 2.45) is 0 Å². The zero-order chi connectivity index (χ0) is 7.68. The maximum atomic E-state index is 5.61. The molecule has 0 aromatic heterocycles. The van der Waals surface area contributed by atoms with Gasteiger partial charge in [0.15, 0.2) is 0 Å². The van der Waals surface area contributed by atoms with E-state index in [1.165, 1.54) is 5.39 Å². The summed E-state index contributed by atoms with van der Waals surface area (Å²) in [4.78, 5) is 0. The Balaban J connectivity index is 2.83. The van der Waals surface area contributed by atoms with Crippen LogP contribution in [0.5, 0.6) is 0 Å². The molecule has 0 amide bonds. The summed E-state index contributed by atoms with van der Waals surface area (Å²) in [6.07, 6.45) is 0.